The number of nitro groups is 1. The van der Waals surface area contributed by atoms with Gasteiger partial charge in [0.1, 0.15) is 5.75 Å². The van der Waals surface area contributed by atoms with Crippen molar-refractivity contribution in [3.05, 3.63) is 33.9 Å². The summed E-state index contributed by atoms with van der Waals surface area (Å²) in [6, 6.07) is 4.79. The molecule has 0 bridgehead atoms. The molecule has 0 amide bonds. The lowest BCUT2D eigenvalue weighted by molar-refractivity contribution is -0.385. The molecule has 0 aliphatic carbocycles. The second-order valence-electron chi connectivity index (χ2n) is 5.21. The summed E-state index contributed by atoms with van der Waals surface area (Å²) in [7, 11) is 1.60. The number of benzene rings is 1. The summed E-state index contributed by atoms with van der Waals surface area (Å²) in [6.45, 7) is 5.09. The van der Waals surface area contributed by atoms with Crippen LogP contribution in [0.1, 0.15) is 25.3 Å². The van der Waals surface area contributed by atoms with Gasteiger partial charge in [-0.2, -0.15) is 0 Å². The molecule has 0 aromatic heterocycles. The normalized spacial score (nSPS) is 17.4. The van der Waals surface area contributed by atoms with Gasteiger partial charge in [0.15, 0.2) is 0 Å². The SMILES string of the molecule is COc1ccc([N+](=O)[O-])cc1CN1CCC(C)CC1. The molecule has 0 unspecified atom stereocenters. The minimum absolute atomic E-state index is 0.126. The van der Waals surface area contributed by atoms with Crippen molar-refractivity contribution in [3.63, 3.8) is 0 Å². The van der Waals surface area contributed by atoms with E-state index in [1.54, 1.807) is 19.2 Å². The quantitative estimate of drug-likeness (QED) is 0.620. The monoisotopic (exact) mass is 264 g/mol. The first-order valence-corrected chi connectivity index (χ1v) is 6.64. The molecule has 0 atom stereocenters. The predicted octanol–water partition coefficient (Wildman–Crippen LogP) is 2.84. The highest BCUT2D eigenvalue weighted by Gasteiger charge is 2.18. The zero-order valence-corrected chi connectivity index (χ0v) is 11.5. The van der Waals surface area contributed by atoms with Crippen LogP contribution in [0, 0.1) is 16.0 Å². The Bertz CT molecular complexity index is 454. The van der Waals surface area contributed by atoms with E-state index in [9.17, 15) is 10.1 Å². The molecule has 1 aromatic rings. The molecule has 1 aromatic carbocycles. The Kier molecular flexibility index (Phi) is 4.37. The van der Waals surface area contributed by atoms with E-state index in [1.165, 1.54) is 18.9 Å². The van der Waals surface area contributed by atoms with Gasteiger partial charge in [-0.15, -0.1) is 0 Å². The Morgan fingerprint density at radius 2 is 2.11 bits per heavy atom. The molecular formula is C14H20N2O3. The van der Waals surface area contributed by atoms with Crippen LogP contribution in [0.25, 0.3) is 0 Å². The number of methoxy groups -OCH3 is 1. The largest absolute Gasteiger partial charge is 0.496 e. The average molecular weight is 264 g/mol. The number of non-ortho nitro benzene ring substituents is 1. The Hall–Kier alpha value is -1.62. The van der Waals surface area contributed by atoms with Crippen molar-refractivity contribution in [3.8, 4) is 5.75 Å². The van der Waals surface area contributed by atoms with Gasteiger partial charge in [-0.25, -0.2) is 0 Å². The fourth-order valence-corrected chi connectivity index (χ4v) is 2.46. The number of piperidine rings is 1. The smallest absolute Gasteiger partial charge is 0.270 e. The number of ether oxygens (including phenoxy) is 1. The lowest BCUT2D eigenvalue weighted by atomic mass is 9.99. The van der Waals surface area contributed by atoms with Gasteiger partial charge in [0, 0.05) is 24.2 Å². The first-order chi connectivity index (χ1) is 9.10. The molecule has 1 heterocycles. The van der Waals surface area contributed by atoms with Crippen molar-refractivity contribution in [1.82, 2.24) is 4.90 Å². The van der Waals surface area contributed by atoms with E-state index in [1.807, 2.05) is 0 Å². The zero-order chi connectivity index (χ0) is 13.8. The van der Waals surface area contributed by atoms with Crippen LogP contribution in [0.3, 0.4) is 0 Å². The van der Waals surface area contributed by atoms with E-state index >= 15 is 0 Å². The van der Waals surface area contributed by atoms with Crippen molar-refractivity contribution < 1.29 is 9.66 Å². The number of rotatable bonds is 4. The molecule has 2 rings (SSSR count). The molecule has 5 heteroatoms. The molecule has 0 N–H and O–H groups in total. The average Bonchev–Trinajstić information content (AvgIpc) is 2.41. The summed E-state index contributed by atoms with van der Waals surface area (Å²) in [5, 5.41) is 10.8. The highest BCUT2D eigenvalue weighted by molar-refractivity contribution is 5.43. The van der Waals surface area contributed by atoms with Crippen LogP contribution in [0.4, 0.5) is 5.69 Å². The highest BCUT2D eigenvalue weighted by atomic mass is 16.6. The second kappa shape index (κ2) is 6.02. The van der Waals surface area contributed by atoms with Gasteiger partial charge in [0.05, 0.1) is 12.0 Å². The van der Waals surface area contributed by atoms with Crippen LogP contribution < -0.4 is 4.74 Å². The van der Waals surface area contributed by atoms with Gasteiger partial charge in [0.25, 0.3) is 5.69 Å². The van der Waals surface area contributed by atoms with E-state index in [-0.39, 0.29) is 10.6 Å². The molecule has 104 valence electrons. The van der Waals surface area contributed by atoms with Crippen molar-refractivity contribution in [2.24, 2.45) is 5.92 Å². The number of likely N-dealkylation sites (tertiary alicyclic amines) is 1. The van der Waals surface area contributed by atoms with Crippen molar-refractivity contribution >= 4 is 5.69 Å². The Morgan fingerprint density at radius 1 is 1.42 bits per heavy atom. The van der Waals surface area contributed by atoms with E-state index in [0.29, 0.717) is 0 Å². The van der Waals surface area contributed by atoms with Crippen LogP contribution in [-0.4, -0.2) is 30.0 Å². The van der Waals surface area contributed by atoms with Crippen molar-refractivity contribution in [2.75, 3.05) is 20.2 Å². The minimum Gasteiger partial charge on any atom is -0.496 e. The molecule has 0 radical (unpaired) electrons. The third-order valence-electron chi connectivity index (χ3n) is 3.75. The van der Waals surface area contributed by atoms with E-state index in [2.05, 4.69) is 11.8 Å². The summed E-state index contributed by atoms with van der Waals surface area (Å²) >= 11 is 0. The summed E-state index contributed by atoms with van der Waals surface area (Å²) in [6.07, 6.45) is 2.38. The molecule has 19 heavy (non-hydrogen) atoms. The van der Waals surface area contributed by atoms with Gasteiger partial charge in [-0.05, 0) is 37.9 Å². The summed E-state index contributed by atoms with van der Waals surface area (Å²) in [4.78, 5) is 12.8. The van der Waals surface area contributed by atoms with Gasteiger partial charge in [0.2, 0.25) is 0 Å². The van der Waals surface area contributed by atoms with Crippen LogP contribution in [0.15, 0.2) is 18.2 Å². The molecule has 1 fully saturated rings. The maximum Gasteiger partial charge on any atom is 0.270 e. The maximum atomic E-state index is 10.8. The van der Waals surface area contributed by atoms with Crippen molar-refractivity contribution in [1.29, 1.82) is 0 Å². The molecule has 0 spiro atoms. The zero-order valence-electron chi connectivity index (χ0n) is 11.5. The van der Waals surface area contributed by atoms with Gasteiger partial charge in [-0.1, -0.05) is 6.92 Å². The topological polar surface area (TPSA) is 55.6 Å². The molecule has 1 saturated heterocycles. The summed E-state index contributed by atoms with van der Waals surface area (Å²) in [5.41, 5.74) is 1.02. The van der Waals surface area contributed by atoms with Gasteiger partial charge in [-0.3, -0.25) is 15.0 Å². The van der Waals surface area contributed by atoms with Gasteiger partial charge < -0.3 is 4.74 Å². The Labute approximate surface area is 113 Å². The molecule has 0 saturated carbocycles. The minimum atomic E-state index is -0.360. The summed E-state index contributed by atoms with van der Waals surface area (Å²) in [5.74, 6) is 1.51. The molecule has 5 nitrogen and oxygen atoms in total. The van der Waals surface area contributed by atoms with Crippen LogP contribution in [-0.2, 0) is 6.54 Å². The Balaban J connectivity index is 2.13. The van der Waals surface area contributed by atoms with E-state index in [4.69, 9.17) is 4.74 Å². The standard InChI is InChI=1S/C14H20N2O3/c1-11-5-7-15(8-6-11)10-12-9-13(16(17)18)3-4-14(12)19-2/h3-4,9,11H,5-8,10H2,1-2H3. The summed E-state index contributed by atoms with van der Waals surface area (Å²) < 4.78 is 5.29. The lowest BCUT2D eigenvalue weighted by Gasteiger charge is -2.30. The lowest BCUT2D eigenvalue weighted by Crippen LogP contribution is -2.32. The third-order valence-corrected chi connectivity index (χ3v) is 3.75. The fourth-order valence-electron chi connectivity index (χ4n) is 2.46. The third kappa shape index (κ3) is 3.44. The van der Waals surface area contributed by atoms with E-state index < -0.39 is 0 Å². The fraction of sp³-hybridized carbons (Fsp3) is 0.571. The number of hydrogen-bond acceptors (Lipinski definition) is 4. The predicted molar refractivity (Wildman–Crippen MR) is 73.3 cm³/mol. The number of nitrogens with zero attached hydrogens (tertiary/aromatic N) is 2. The second-order valence-corrected chi connectivity index (χ2v) is 5.21. The first kappa shape index (κ1) is 13.8. The molecule has 1 aliphatic heterocycles. The number of nitro benzene ring substituents is 1. The van der Waals surface area contributed by atoms with Crippen LogP contribution >= 0.6 is 0 Å². The maximum absolute atomic E-state index is 10.8. The van der Waals surface area contributed by atoms with Crippen molar-refractivity contribution in [2.45, 2.75) is 26.3 Å². The molecular weight excluding hydrogens is 244 g/mol. The molecule has 1 aliphatic rings. The number of hydrogen-bond donors (Lipinski definition) is 0. The highest BCUT2D eigenvalue weighted by Crippen LogP contribution is 2.27. The van der Waals surface area contributed by atoms with E-state index in [0.717, 1.165) is 36.9 Å². The van der Waals surface area contributed by atoms with Crippen LogP contribution in [0.5, 0.6) is 5.75 Å². The first-order valence-electron chi connectivity index (χ1n) is 6.64. The van der Waals surface area contributed by atoms with Crippen LogP contribution in [0.2, 0.25) is 0 Å². The van der Waals surface area contributed by atoms with Gasteiger partial charge >= 0.3 is 0 Å². The Morgan fingerprint density at radius 3 is 2.68 bits per heavy atom.